The van der Waals surface area contributed by atoms with Gasteiger partial charge in [0.05, 0.1) is 0 Å². The van der Waals surface area contributed by atoms with Crippen molar-refractivity contribution in [2.24, 2.45) is 0 Å². The molecule has 0 saturated heterocycles. The van der Waals surface area contributed by atoms with Gasteiger partial charge in [0.25, 0.3) is 0 Å². The summed E-state index contributed by atoms with van der Waals surface area (Å²) in [5.41, 5.74) is 2.51. The van der Waals surface area contributed by atoms with Crippen LogP contribution in [-0.4, -0.2) is 6.04 Å². The van der Waals surface area contributed by atoms with E-state index in [-0.39, 0.29) is 0 Å². The van der Waals surface area contributed by atoms with Gasteiger partial charge in [-0.2, -0.15) is 0 Å². The van der Waals surface area contributed by atoms with Gasteiger partial charge in [-0.1, -0.05) is 28.9 Å². The number of benzene rings is 1. The molecule has 1 aromatic rings. The number of anilines is 1. The first-order valence-electron chi connectivity index (χ1n) is 4.66. The molecule has 1 nitrogen and oxygen atoms in total. The first kappa shape index (κ1) is 10.6. The van der Waals surface area contributed by atoms with Crippen molar-refractivity contribution in [2.75, 3.05) is 5.32 Å². The molecule has 0 spiro atoms. The number of nitrogens with one attached hydrogen (secondary N) is 1. The fourth-order valence-corrected chi connectivity index (χ4v) is 1.50. The van der Waals surface area contributed by atoms with E-state index in [0.717, 1.165) is 6.42 Å². The first-order valence-corrected chi connectivity index (χ1v) is 5.46. The monoisotopic (exact) mass is 241 g/mol. The summed E-state index contributed by atoms with van der Waals surface area (Å²) in [6, 6.07) is 6.78. The minimum absolute atomic E-state index is 0.535. The Labute approximate surface area is 88.7 Å². The summed E-state index contributed by atoms with van der Waals surface area (Å²) < 4.78 is 1.17. The van der Waals surface area contributed by atoms with Crippen LogP contribution in [0.3, 0.4) is 0 Å². The molecule has 13 heavy (non-hydrogen) atoms. The zero-order chi connectivity index (χ0) is 9.84. The minimum atomic E-state index is 0.535. The van der Waals surface area contributed by atoms with Gasteiger partial charge in [-0.15, -0.1) is 0 Å². The van der Waals surface area contributed by atoms with Crippen molar-refractivity contribution < 1.29 is 0 Å². The van der Waals surface area contributed by atoms with Crippen molar-refractivity contribution in [1.82, 2.24) is 0 Å². The molecule has 0 bridgehead atoms. The fourth-order valence-electron chi connectivity index (χ4n) is 1.13. The van der Waals surface area contributed by atoms with Gasteiger partial charge in [-0.25, -0.2) is 0 Å². The summed E-state index contributed by atoms with van der Waals surface area (Å²) in [5, 5.41) is 3.47. The van der Waals surface area contributed by atoms with Crippen molar-refractivity contribution in [3.8, 4) is 0 Å². The van der Waals surface area contributed by atoms with Gasteiger partial charge < -0.3 is 5.32 Å². The zero-order valence-corrected chi connectivity index (χ0v) is 9.98. The van der Waals surface area contributed by atoms with Crippen molar-refractivity contribution in [1.29, 1.82) is 0 Å². The largest absolute Gasteiger partial charge is 0.382 e. The van der Waals surface area contributed by atoms with Crippen molar-refractivity contribution in [3.63, 3.8) is 0 Å². The maximum absolute atomic E-state index is 3.52. The second-order valence-electron chi connectivity index (χ2n) is 3.37. The van der Waals surface area contributed by atoms with E-state index in [9.17, 15) is 0 Å². The van der Waals surface area contributed by atoms with Crippen LogP contribution in [0.2, 0.25) is 0 Å². The zero-order valence-electron chi connectivity index (χ0n) is 8.39. The molecule has 1 rings (SSSR count). The Morgan fingerprint density at radius 3 is 2.77 bits per heavy atom. The molecule has 0 saturated carbocycles. The molecule has 0 aliphatic heterocycles. The van der Waals surface area contributed by atoms with Crippen LogP contribution in [0.5, 0.6) is 0 Å². The van der Waals surface area contributed by atoms with E-state index in [1.54, 1.807) is 0 Å². The lowest BCUT2D eigenvalue weighted by Crippen LogP contribution is -2.14. The maximum Gasteiger partial charge on any atom is 0.0383 e. The Morgan fingerprint density at radius 1 is 1.46 bits per heavy atom. The lowest BCUT2D eigenvalue weighted by atomic mass is 10.1. The summed E-state index contributed by atoms with van der Waals surface area (Å²) in [7, 11) is 0. The van der Waals surface area contributed by atoms with E-state index in [1.165, 1.54) is 15.7 Å². The molecule has 0 radical (unpaired) electrons. The summed E-state index contributed by atoms with van der Waals surface area (Å²) >= 11 is 3.52. The SMILES string of the molecule is CCC(C)Nc1cccc(Br)c1C. The molecule has 0 amide bonds. The molecule has 1 aromatic carbocycles. The summed E-state index contributed by atoms with van der Waals surface area (Å²) in [6.45, 7) is 6.50. The molecular formula is C11H16BrN. The van der Waals surface area contributed by atoms with Gasteiger partial charge in [-0.3, -0.25) is 0 Å². The van der Waals surface area contributed by atoms with E-state index < -0.39 is 0 Å². The van der Waals surface area contributed by atoms with E-state index >= 15 is 0 Å². The highest BCUT2D eigenvalue weighted by Crippen LogP contribution is 2.24. The van der Waals surface area contributed by atoms with Crippen LogP contribution in [-0.2, 0) is 0 Å². The van der Waals surface area contributed by atoms with Crippen LogP contribution in [0.1, 0.15) is 25.8 Å². The topological polar surface area (TPSA) is 12.0 Å². The summed E-state index contributed by atoms with van der Waals surface area (Å²) in [5.74, 6) is 0. The molecule has 0 aliphatic carbocycles. The summed E-state index contributed by atoms with van der Waals surface area (Å²) in [6.07, 6.45) is 1.14. The standard InChI is InChI=1S/C11H16BrN/c1-4-8(2)13-11-7-5-6-10(12)9(11)3/h5-8,13H,4H2,1-3H3. The quantitative estimate of drug-likeness (QED) is 0.845. The Bertz CT molecular complexity index is 283. The highest BCUT2D eigenvalue weighted by Gasteiger charge is 2.03. The van der Waals surface area contributed by atoms with Gasteiger partial charge in [0.1, 0.15) is 0 Å². The van der Waals surface area contributed by atoms with Crippen molar-refractivity contribution >= 4 is 21.6 Å². The Hall–Kier alpha value is -0.500. The molecule has 0 aromatic heterocycles. The van der Waals surface area contributed by atoms with Crippen molar-refractivity contribution in [3.05, 3.63) is 28.2 Å². The van der Waals surface area contributed by atoms with Crippen LogP contribution < -0.4 is 5.32 Å². The Morgan fingerprint density at radius 2 is 2.15 bits per heavy atom. The molecule has 1 N–H and O–H groups in total. The molecule has 1 atom stereocenters. The molecular weight excluding hydrogens is 226 g/mol. The normalized spacial score (nSPS) is 12.6. The second-order valence-corrected chi connectivity index (χ2v) is 4.22. The van der Waals surface area contributed by atoms with Crippen LogP contribution in [0.4, 0.5) is 5.69 Å². The average Bonchev–Trinajstić information content (AvgIpc) is 2.13. The predicted molar refractivity (Wildman–Crippen MR) is 62.3 cm³/mol. The Kier molecular flexibility index (Phi) is 3.79. The Balaban J connectivity index is 2.83. The minimum Gasteiger partial charge on any atom is -0.382 e. The smallest absolute Gasteiger partial charge is 0.0383 e. The predicted octanol–water partition coefficient (Wildman–Crippen LogP) is 3.97. The lowest BCUT2D eigenvalue weighted by Gasteiger charge is -2.15. The van der Waals surface area contributed by atoms with E-state index in [2.05, 4.69) is 60.2 Å². The highest BCUT2D eigenvalue weighted by atomic mass is 79.9. The molecule has 0 heterocycles. The van der Waals surface area contributed by atoms with Gasteiger partial charge in [0, 0.05) is 16.2 Å². The van der Waals surface area contributed by atoms with Crippen LogP contribution in [0.25, 0.3) is 0 Å². The molecule has 2 heteroatoms. The highest BCUT2D eigenvalue weighted by molar-refractivity contribution is 9.10. The third kappa shape index (κ3) is 2.73. The third-order valence-electron chi connectivity index (χ3n) is 2.28. The van der Waals surface area contributed by atoms with Crippen LogP contribution in [0, 0.1) is 6.92 Å². The van der Waals surface area contributed by atoms with Crippen molar-refractivity contribution in [2.45, 2.75) is 33.2 Å². The van der Waals surface area contributed by atoms with E-state index in [0.29, 0.717) is 6.04 Å². The first-order chi connectivity index (χ1) is 6.15. The van der Waals surface area contributed by atoms with Crippen LogP contribution >= 0.6 is 15.9 Å². The van der Waals surface area contributed by atoms with E-state index in [1.807, 2.05) is 0 Å². The molecule has 1 unspecified atom stereocenters. The van der Waals surface area contributed by atoms with Gasteiger partial charge >= 0.3 is 0 Å². The van der Waals surface area contributed by atoms with Gasteiger partial charge in [0.2, 0.25) is 0 Å². The lowest BCUT2D eigenvalue weighted by molar-refractivity contribution is 0.763. The second kappa shape index (κ2) is 4.66. The maximum atomic E-state index is 3.52. The summed E-state index contributed by atoms with van der Waals surface area (Å²) in [4.78, 5) is 0. The molecule has 0 aliphatic rings. The van der Waals surface area contributed by atoms with E-state index in [4.69, 9.17) is 0 Å². The molecule has 72 valence electrons. The number of hydrogen-bond acceptors (Lipinski definition) is 1. The number of hydrogen-bond donors (Lipinski definition) is 1. The van der Waals surface area contributed by atoms with Crippen LogP contribution in [0.15, 0.2) is 22.7 Å². The average molecular weight is 242 g/mol. The number of halogens is 1. The van der Waals surface area contributed by atoms with Gasteiger partial charge in [0.15, 0.2) is 0 Å². The molecule has 0 fully saturated rings. The number of rotatable bonds is 3. The fraction of sp³-hybridized carbons (Fsp3) is 0.455. The third-order valence-corrected chi connectivity index (χ3v) is 3.14. The van der Waals surface area contributed by atoms with Gasteiger partial charge in [-0.05, 0) is 38.0 Å².